The number of anilines is 1. The molecule has 1 aromatic heterocycles. The van der Waals surface area contributed by atoms with Crippen LogP contribution in [0.15, 0.2) is 30.5 Å². The minimum Gasteiger partial charge on any atom is -0.481 e. The lowest BCUT2D eigenvalue weighted by Crippen LogP contribution is -2.32. The van der Waals surface area contributed by atoms with E-state index < -0.39 is 11.9 Å². The van der Waals surface area contributed by atoms with Crippen molar-refractivity contribution in [2.75, 3.05) is 11.4 Å². The van der Waals surface area contributed by atoms with Crippen molar-refractivity contribution in [3.63, 3.8) is 0 Å². The van der Waals surface area contributed by atoms with Gasteiger partial charge in [0.15, 0.2) is 0 Å². The van der Waals surface area contributed by atoms with Gasteiger partial charge in [0.1, 0.15) is 11.7 Å². The predicted octanol–water partition coefficient (Wildman–Crippen LogP) is 1.92. The number of benzene rings is 1. The van der Waals surface area contributed by atoms with Crippen molar-refractivity contribution in [2.45, 2.75) is 19.8 Å². The fraction of sp³-hybridized carbons (Fsp3) is 0.250. The summed E-state index contributed by atoms with van der Waals surface area (Å²) in [5.41, 5.74) is 2.29. The number of rotatable bonds is 2. The number of carbonyl (C=O) groups is 2. The van der Waals surface area contributed by atoms with Gasteiger partial charge in [0.05, 0.1) is 11.3 Å². The van der Waals surface area contributed by atoms with E-state index in [0.717, 1.165) is 0 Å². The van der Waals surface area contributed by atoms with Gasteiger partial charge in [0.25, 0.3) is 5.91 Å². The summed E-state index contributed by atoms with van der Waals surface area (Å²) in [4.78, 5) is 33.9. The summed E-state index contributed by atoms with van der Waals surface area (Å²) in [5, 5.41) is 9.36. The summed E-state index contributed by atoms with van der Waals surface area (Å²) in [6, 6.07) is 7.09. The second-order valence-electron chi connectivity index (χ2n) is 5.28. The number of fused-ring (bicyclic) bond motifs is 1. The van der Waals surface area contributed by atoms with E-state index in [1.807, 2.05) is 0 Å². The Hall–Kier alpha value is -2.76. The monoisotopic (exact) mass is 297 g/mol. The number of carboxylic acid groups (broad SMARTS) is 1. The third-order valence-corrected chi connectivity index (χ3v) is 3.84. The summed E-state index contributed by atoms with van der Waals surface area (Å²) < 4.78 is 0. The van der Waals surface area contributed by atoms with Gasteiger partial charge in [-0.15, -0.1) is 0 Å². The molecule has 0 saturated carbocycles. The first-order valence-corrected chi connectivity index (χ1v) is 6.93. The number of aryl methyl sites for hydroxylation is 2. The van der Waals surface area contributed by atoms with Gasteiger partial charge in [-0.1, -0.05) is 18.2 Å². The lowest BCUT2D eigenvalue weighted by molar-refractivity contribution is -0.138. The fourth-order valence-corrected chi connectivity index (χ4v) is 2.75. The molecule has 22 heavy (non-hydrogen) atoms. The second-order valence-corrected chi connectivity index (χ2v) is 5.28. The molecule has 0 spiro atoms. The molecule has 3 rings (SSSR count). The van der Waals surface area contributed by atoms with Crippen LogP contribution in [0.1, 0.15) is 33.4 Å². The largest absolute Gasteiger partial charge is 0.481 e. The Balaban J connectivity index is 2.02. The molecule has 0 aliphatic carbocycles. The van der Waals surface area contributed by atoms with E-state index in [1.54, 1.807) is 38.1 Å². The van der Waals surface area contributed by atoms with Crippen molar-refractivity contribution in [3.8, 4) is 0 Å². The summed E-state index contributed by atoms with van der Waals surface area (Å²) in [7, 11) is 0. The van der Waals surface area contributed by atoms with E-state index in [-0.39, 0.29) is 12.5 Å². The summed E-state index contributed by atoms with van der Waals surface area (Å²) in [5.74, 6) is -1.31. The molecular formula is C16H15N3O3. The van der Waals surface area contributed by atoms with E-state index in [4.69, 9.17) is 0 Å². The second kappa shape index (κ2) is 5.22. The zero-order chi connectivity index (χ0) is 15.9. The van der Waals surface area contributed by atoms with E-state index in [1.165, 1.54) is 11.1 Å². The number of aromatic nitrogens is 2. The van der Waals surface area contributed by atoms with Gasteiger partial charge in [0.2, 0.25) is 0 Å². The van der Waals surface area contributed by atoms with E-state index in [2.05, 4.69) is 9.97 Å². The molecule has 0 saturated heterocycles. The van der Waals surface area contributed by atoms with Crippen LogP contribution in [0, 0.1) is 13.8 Å². The van der Waals surface area contributed by atoms with Gasteiger partial charge in [0, 0.05) is 18.4 Å². The van der Waals surface area contributed by atoms with Gasteiger partial charge >= 0.3 is 5.97 Å². The van der Waals surface area contributed by atoms with Crippen LogP contribution in [0.3, 0.4) is 0 Å². The molecule has 6 heteroatoms. The highest BCUT2D eigenvalue weighted by Gasteiger charge is 2.37. The highest BCUT2D eigenvalue weighted by atomic mass is 16.4. The van der Waals surface area contributed by atoms with Gasteiger partial charge in [-0.3, -0.25) is 9.59 Å². The quantitative estimate of drug-likeness (QED) is 0.915. The van der Waals surface area contributed by atoms with Crippen LogP contribution in [0.5, 0.6) is 0 Å². The Morgan fingerprint density at radius 2 is 2.00 bits per heavy atom. The minimum atomic E-state index is -0.931. The van der Waals surface area contributed by atoms with Crippen LogP contribution in [0.25, 0.3) is 0 Å². The minimum absolute atomic E-state index is 0.126. The zero-order valence-electron chi connectivity index (χ0n) is 12.3. The summed E-state index contributed by atoms with van der Waals surface area (Å²) in [6.07, 6.45) is 1.50. The van der Waals surface area contributed by atoms with E-state index >= 15 is 0 Å². The SMILES string of the molecule is Cc1ncc(C(=O)N2CC(C(=O)O)c3ccccc32)c(C)n1. The Morgan fingerprint density at radius 1 is 1.27 bits per heavy atom. The topological polar surface area (TPSA) is 83.4 Å². The first kappa shape index (κ1) is 14.2. The van der Waals surface area contributed by atoms with Crippen molar-refractivity contribution in [2.24, 2.45) is 0 Å². The van der Waals surface area contributed by atoms with Gasteiger partial charge < -0.3 is 10.0 Å². The molecule has 1 atom stereocenters. The normalized spacial score (nSPS) is 16.5. The highest BCUT2D eigenvalue weighted by Crippen LogP contribution is 2.37. The molecule has 1 aliphatic heterocycles. The fourth-order valence-electron chi connectivity index (χ4n) is 2.75. The molecular weight excluding hydrogens is 282 g/mol. The molecule has 1 amide bonds. The third-order valence-electron chi connectivity index (χ3n) is 3.84. The Labute approximate surface area is 127 Å². The number of nitrogens with zero attached hydrogens (tertiary/aromatic N) is 3. The molecule has 6 nitrogen and oxygen atoms in total. The van der Waals surface area contributed by atoms with Gasteiger partial charge in [-0.05, 0) is 25.5 Å². The number of hydrogen-bond donors (Lipinski definition) is 1. The van der Waals surface area contributed by atoms with Crippen molar-refractivity contribution < 1.29 is 14.7 Å². The maximum atomic E-state index is 12.8. The van der Waals surface area contributed by atoms with Gasteiger partial charge in [-0.2, -0.15) is 0 Å². The number of para-hydroxylation sites is 1. The Kier molecular flexibility index (Phi) is 3.36. The molecule has 0 bridgehead atoms. The van der Waals surface area contributed by atoms with Crippen LogP contribution < -0.4 is 4.90 Å². The van der Waals surface area contributed by atoms with Crippen molar-refractivity contribution >= 4 is 17.6 Å². The smallest absolute Gasteiger partial charge is 0.312 e. The molecule has 1 N–H and O–H groups in total. The number of carboxylic acids is 1. The molecule has 0 fully saturated rings. The molecule has 1 aliphatic rings. The first-order chi connectivity index (χ1) is 10.5. The average Bonchev–Trinajstić information content (AvgIpc) is 2.86. The number of aliphatic carboxylic acids is 1. The van der Waals surface area contributed by atoms with Crippen LogP contribution >= 0.6 is 0 Å². The number of carbonyl (C=O) groups excluding carboxylic acids is 1. The molecule has 2 aromatic rings. The average molecular weight is 297 g/mol. The lowest BCUT2D eigenvalue weighted by Gasteiger charge is -2.18. The number of hydrogen-bond acceptors (Lipinski definition) is 4. The zero-order valence-corrected chi connectivity index (χ0v) is 12.3. The maximum absolute atomic E-state index is 12.8. The molecule has 1 aromatic carbocycles. The van der Waals surface area contributed by atoms with Crippen LogP contribution in [0.2, 0.25) is 0 Å². The van der Waals surface area contributed by atoms with Crippen LogP contribution in [-0.2, 0) is 4.79 Å². The van der Waals surface area contributed by atoms with Gasteiger partial charge in [-0.25, -0.2) is 9.97 Å². The third kappa shape index (κ3) is 2.22. The molecule has 1 unspecified atom stereocenters. The highest BCUT2D eigenvalue weighted by molar-refractivity contribution is 6.09. The predicted molar refractivity (Wildman–Crippen MR) is 80.0 cm³/mol. The van der Waals surface area contributed by atoms with E-state index in [0.29, 0.717) is 28.3 Å². The van der Waals surface area contributed by atoms with Crippen LogP contribution in [-0.4, -0.2) is 33.5 Å². The molecule has 112 valence electrons. The first-order valence-electron chi connectivity index (χ1n) is 6.93. The number of amides is 1. The molecule has 0 radical (unpaired) electrons. The van der Waals surface area contributed by atoms with Crippen molar-refractivity contribution in [3.05, 3.63) is 53.1 Å². The Bertz CT molecular complexity index is 773. The maximum Gasteiger partial charge on any atom is 0.312 e. The Morgan fingerprint density at radius 3 is 2.68 bits per heavy atom. The van der Waals surface area contributed by atoms with Crippen LogP contribution in [0.4, 0.5) is 5.69 Å². The summed E-state index contributed by atoms with van der Waals surface area (Å²) >= 11 is 0. The lowest BCUT2D eigenvalue weighted by atomic mass is 10.0. The van der Waals surface area contributed by atoms with Crippen molar-refractivity contribution in [1.82, 2.24) is 9.97 Å². The van der Waals surface area contributed by atoms with Crippen molar-refractivity contribution in [1.29, 1.82) is 0 Å². The molecule has 2 heterocycles. The van der Waals surface area contributed by atoms with E-state index in [9.17, 15) is 14.7 Å². The summed E-state index contributed by atoms with van der Waals surface area (Å²) in [6.45, 7) is 3.63. The standard InChI is InChI=1S/C16H15N3O3/c1-9-12(7-17-10(2)18-9)15(20)19-8-13(16(21)22)11-5-3-4-6-14(11)19/h3-7,13H,8H2,1-2H3,(H,21,22).